The Hall–Kier alpha value is -0.323. The zero-order chi connectivity index (χ0) is 14.3. The van der Waals surface area contributed by atoms with Crippen molar-refractivity contribution in [2.75, 3.05) is 6.61 Å². The van der Waals surface area contributed by atoms with Crippen molar-refractivity contribution in [1.29, 1.82) is 0 Å². The summed E-state index contributed by atoms with van der Waals surface area (Å²) >= 11 is 3.49. The van der Waals surface area contributed by atoms with Crippen LogP contribution in [0.1, 0.15) is 38.9 Å². The van der Waals surface area contributed by atoms with Crippen LogP contribution in [0.5, 0.6) is 5.75 Å². The molecule has 0 radical (unpaired) electrons. The zero-order valence-corrected chi connectivity index (χ0v) is 15.0. The standard InChI is InChI=1S/C15H23BrO2Si/c1-15(2,3)19(4,5)18-13-8-9-17-14-10-11(16)6-7-12(13)14/h6-7,10,13H,8-9H2,1-5H3. The zero-order valence-electron chi connectivity index (χ0n) is 12.4. The van der Waals surface area contributed by atoms with Crippen molar-refractivity contribution < 1.29 is 9.16 Å². The largest absolute Gasteiger partial charge is 0.493 e. The van der Waals surface area contributed by atoms with Gasteiger partial charge in [0.25, 0.3) is 0 Å². The SMILES string of the molecule is CC(C)(C)[Si](C)(C)OC1CCOc2cc(Br)ccc21. The summed E-state index contributed by atoms with van der Waals surface area (Å²) < 4.78 is 13.3. The molecule has 0 aliphatic carbocycles. The molecular weight excluding hydrogens is 320 g/mol. The summed E-state index contributed by atoms with van der Waals surface area (Å²) in [5, 5.41) is 0.237. The first kappa shape index (κ1) is 15.1. The van der Waals surface area contributed by atoms with Crippen molar-refractivity contribution in [1.82, 2.24) is 0 Å². The lowest BCUT2D eigenvalue weighted by atomic mass is 10.0. The van der Waals surface area contributed by atoms with Crippen molar-refractivity contribution in [2.45, 2.75) is 51.4 Å². The summed E-state index contributed by atoms with van der Waals surface area (Å²) in [6, 6.07) is 6.22. The predicted octanol–water partition coefficient (Wildman–Crippen LogP) is 5.29. The number of hydrogen-bond acceptors (Lipinski definition) is 2. The van der Waals surface area contributed by atoms with E-state index in [-0.39, 0.29) is 11.1 Å². The van der Waals surface area contributed by atoms with E-state index in [2.05, 4.69) is 61.9 Å². The Bertz CT molecular complexity index is 466. The van der Waals surface area contributed by atoms with Gasteiger partial charge in [-0.1, -0.05) is 42.8 Å². The van der Waals surface area contributed by atoms with Crippen LogP contribution in [0.25, 0.3) is 0 Å². The van der Waals surface area contributed by atoms with Crippen LogP contribution in [0.3, 0.4) is 0 Å². The highest BCUT2D eigenvalue weighted by molar-refractivity contribution is 9.10. The first-order valence-corrected chi connectivity index (χ1v) is 10.5. The van der Waals surface area contributed by atoms with Crippen LogP contribution >= 0.6 is 15.9 Å². The van der Waals surface area contributed by atoms with Crippen molar-refractivity contribution in [3.05, 3.63) is 28.2 Å². The first-order valence-electron chi connectivity index (χ1n) is 6.81. The van der Waals surface area contributed by atoms with E-state index in [1.54, 1.807) is 0 Å². The van der Waals surface area contributed by atoms with Gasteiger partial charge >= 0.3 is 0 Å². The highest BCUT2D eigenvalue weighted by atomic mass is 79.9. The number of fused-ring (bicyclic) bond motifs is 1. The van der Waals surface area contributed by atoms with Gasteiger partial charge in [0, 0.05) is 16.5 Å². The van der Waals surface area contributed by atoms with Crippen molar-refractivity contribution >= 4 is 24.2 Å². The van der Waals surface area contributed by atoms with Crippen LogP contribution in [0.4, 0.5) is 0 Å². The highest BCUT2D eigenvalue weighted by Crippen LogP contribution is 2.43. The summed E-state index contributed by atoms with van der Waals surface area (Å²) in [5.41, 5.74) is 1.19. The molecule has 0 spiro atoms. The van der Waals surface area contributed by atoms with Gasteiger partial charge in [-0.05, 0) is 30.3 Å². The molecule has 4 heteroatoms. The number of ether oxygens (including phenoxy) is 1. The Morgan fingerprint density at radius 2 is 2.00 bits per heavy atom. The van der Waals surface area contributed by atoms with Crippen LogP contribution in [-0.4, -0.2) is 14.9 Å². The molecule has 1 heterocycles. The van der Waals surface area contributed by atoms with Crippen LogP contribution in [0.15, 0.2) is 22.7 Å². The minimum atomic E-state index is -1.74. The van der Waals surface area contributed by atoms with Gasteiger partial charge in [0.05, 0.1) is 12.7 Å². The maximum absolute atomic E-state index is 6.55. The first-order chi connectivity index (χ1) is 8.71. The van der Waals surface area contributed by atoms with Gasteiger partial charge in [0.1, 0.15) is 5.75 Å². The Morgan fingerprint density at radius 3 is 2.63 bits per heavy atom. The van der Waals surface area contributed by atoms with Crippen molar-refractivity contribution in [3.63, 3.8) is 0 Å². The fourth-order valence-corrected chi connectivity index (χ4v) is 3.64. The third-order valence-corrected chi connectivity index (χ3v) is 9.18. The Labute approximate surface area is 125 Å². The molecule has 19 heavy (non-hydrogen) atoms. The molecule has 0 saturated carbocycles. The van der Waals surface area contributed by atoms with E-state index in [1.807, 2.05) is 6.07 Å². The predicted molar refractivity (Wildman–Crippen MR) is 85.3 cm³/mol. The number of hydrogen-bond donors (Lipinski definition) is 0. The lowest BCUT2D eigenvalue weighted by molar-refractivity contribution is 0.122. The number of benzene rings is 1. The van der Waals surface area contributed by atoms with Crippen molar-refractivity contribution in [3.8, 4) is 5.75 Å². The molecule has 0 bridgehead atoms. The summed E-state index contributed by atoms with van der Waals surface area (Å²) in [6.45, 7) is 12.2. The van der Waals surface area contributed by atoms with Crippen LogP contribution in [-0.2, 0) is 4.43 Å². The lowest BCUT2D eigenvalue weighted by Crippen LogP contribution is -2.42. The van der Waals surface area contributed by atoms with Gasteiger partial charge in [-0.3, -0.25) is 0 Å². The van der Waals surface area contributed by atoms with E-state index < -0.39 is 8.32 Å². The fraction of sp³-hybridized carbons (Fsp3) is 0.600. The minimum absolute atomic E-state index is 0.178. The van der Waals surface area contributed by atoms with Crippen LogP contribution in [0.2, 0.25) is 18.1 Å². The number of halogens is 1. The quantitative estimate of drug-likeness (QED) is 0.679. The molecule has 1 aliphatic rings. The second kappa shape index (κ2) is 5.22. The third-order valence-electron chi connectivity index (χ3n) is 4.20. The van der Waals surface area contributed by atoms with E-state index in [0.717, 1.165) is 23.2 Å². The molecule has 1 unspecified atom stereocenters. The van der Waals surface area contributed by atoms with E-state index in [1.165, 1.54) is 5.56 Å². The molecule has 0 aromatic heterocycles. The molecule has 2 rings (SSSR count). The maximum atomic E-state index is 6.55. The van der Waals surface area contributed by atoms with E-state index in [4.69, 9.17) is 9.16 Å². The summed E-state index contributed by atoms with van der Waals surface area (Å²) in [5.74, 6) is 0.962. The summed E-state index contributed by atoms with van der Waals surface area (Å²) in [7, 11) is -1.74. The third kappa shape index (κ3) is 3.23. The van der Waals surface area contributed by atoms with Gasteiger partial charge in [-0.25, -0.2) is 0 Å². The molecule has 0 amide bonds. The molecule has 0 fully saturated rings. The normalized spacial score (nSPS) is 19.8. The monoisotopic (exact) mass is 342 g/mol. The van der Waals surface area contributed by atoms with Crippen LogP contribution < -0.4 is 4.74 Å². The topological polar surface area (TPSA) is 18.5 Å². The second-order valence-corrected chi connectivity index (χ2v) is 12.4. The Morgan fingerprint density at radius 1 is 1.32 bits per heavy atom. The van der Waals surface area contributed by atoms with Gasteiger partial charge in [0.2, 0.25) is 0 Å². The Kier molecular flexibility index (Phi) is 4.14. The molecule has 1 aromatic carbocycles. The highest BCUT2D eigenvalue weighted by Gasteiger charge is 2.40. The minimum Gasteiger partial charge on any atom is -0.493 e. The molecule has 1 aromatic rings. The smallest absolute Gasteiger partial charge is 0.192 e. The molecular formula is C15H23BrO2Si. The number of rotatable bonds is 2. The van der Waals surface area contributed by atoms with E-state index >= 15 is 0 Å². The van der Waals surface area contributed by atoms with Gasteiger partial charge < -0.3 is 9.16 Å². The molecule has 0 saturated heterocycles. The maximum Gasteiger partial charge on any atom is 0.192 e. The van der Waals surface area contributed by atoms with E-state index in [0.29, 0.717) is 0 Å². The van der Waals surface area contributed by atoms with Gasteiger partial charge in [-0.2, -0.15) is 0 Å². The molecule has 106 valence electrons. The Balaban J connectivity index is 2.25. The fourth-order valence-electron chi connectivity index (χ4n) is 1.99. The van der Waals surface area contributed by atoms with Gasteiger partial charge in [0.15, 0.2) is 8.32 Å². The average Bonchev–Trinajstić information content (AvgIpc) is 2.26. The second-order valence-electron chi connectivity index (χ2n) is 6.69. The van der Waals surface area contributed by atoms with Gasteiger partial charge in [-0.15, -0.1) is 0 Å². The molecule has 2 nitrogen and oxygen atoms in total. The van der Waals surface area contributed by atoms with Crippen LogP contribution in [0, 0.1) is 0 Å². The lowest BCUT2D eigenvalue weighted by Gasteiger charge is -2.40. The van der Waals surface area contributed by atoms with Crippen molar-refractivity contribution in [2.24, 2.45) is 0 Å². The average molecular weight is 343 g/mol. The molecule has 1 aliphatic heterocycles. The summed E-state index contributed by atoms with van der Waals surface area (Å²) in [6.07, 6.45) is 1.12. The summed E-state index contributed by atoms with van der Waals surface area (Å²) in [4.78, 5) is 0. The molecule has 1 atom stereocenters. The molecule has 0 N–H and O–H groups in total. The van der Waals surface area contributed by atoms with E-state index in [9.17, 15) is 0 Å².